The zero-order valence-corrected chi connectivity index (χ0v) is 9.03. The number of benzene rings is 1. The maximum absolute atomic E-state index is 11.4. The molecule has 0 aliphatic heterocycles. The molecule has 1 atom stereocenters. The van der Waals surface area contributed by atoms with Gasteiger partial charge in [-0.25, -0.2) is 0 Å². The van der Waals surface area contributed by atoms with Crippen molar-refractivity contribution in [1.29, 1.82) is 0 Å². The zero-order valence-electron chi connectivity index (χ0n) is 8.27. The monoisotopic (exact) mass is 226 g/mol. The van der Waals surface area contributed by atoms with Gasteiger partial charge in [-0.1, -0.05) is 23.7 Å². The second-order valence-electron chi connectivity index (χ2n) is 2.92. The fourth-order valence-corrected chi connectivity index (χ4v) is 1.30. The summed E-state index contributed by atoms with van der Waals surface area (Å²) in [6, 6.07) is 6.54. The van der Waals surface area contributed by atoms with Crippen molar-refractivity contribution in [3.05, 3.63) is 34.9 Å². The van der Waals surface area contributed by atoms with Crippen LogP contribution in [0.15, 0.2) is 24.3 Å². The first kappa shape index (κ1) is 11.7. The predicted octanol–water partition coefficient (Wildman–Crippen LogP) is 2.19. The molecule has 0 aromatic heterocycles. The average molecular weight is 227 g/mol. The molecule has 0 aliphatic carbocycles. The van der Waals surface area contributed by atoms with Gasteiger partial charge < -0.3 is 9.53 Å². The summed E-state index contributed by atoms with van der Waals surface area (Å²) in [4.78, 5) is 22.1. The molecule has 0 saturated carbocycles. The SMILES string of the molecule is CCOC(=O)[C@@H](C=O)c1ccc(Cl)cc1. The van der Waals surface area contributed by atoms with Crippen LogP contribution in [-0.4, -0.2) is 18.9 Å². The molecule has 15 heavy (non-hydrogen) atoms. The maximum Gasteiger partial charge on any atom is 0.320 e. The third kappa shape index (κ3) is 3.06. The van der Waals surface area contributed by atoms with E-state index in [1.807, 2.05) is 0 Å². The van der Waals surface area contributed by atoms with Crippen LogP contribution < -0.4 is 0 Å². The summed E-state index contributed by atoms with van der Waals surface area (Å²) in [7, 11) is 0. The van der Waals surface area contributed by atoms with Crippen LogP contribution in [0.5, 0.6) is 0 Å². The van der Waals surface area contributed by atoms with Crippen molar-refractivity contribution in [3.63, 3.8) is 0 Å². The Kier molecular flexibility index (Phi) is 4.31. The molecule has 0 fully saturated rings. The third-order valence-electron chi connectivity index (χ3n) is 1.91. The van der Waals surface area contributed by atoms with E-state index in [4.69, 9.17) is 16.3 Å². The Hall–Kier alpha value is -1.35. The van der Waals surface area contributed by atoms with E-state index in [1.54, 1.807) is 31.2 Å². The average Bonchev–Trinajstić information content (AvgIpc) is 2.22. The Morgan fingerprint density at radius 1 is 1.47 bits per heavy atom. The molecule has 1 aromatic carbocycles. The number of carbonyl (C=O) groups is 2. The molecule has 80 valence electrons. The smallest absolute Gasteiger partial charge is 0.320 e. The van der Waals surface area contributed by atoms with E-state index < -0.39 is 11.9 Å². The predicted molar refractivity (Wildman–Crippen MR) is 56.9 cm³/mol. The van der Waals surface area contributed by atoms with Gasteiger partial charge in [-0.15, -0.1) is 0 Å². The van der Waals surface area contributed by atoms with Gasteiger partial charge in [0.2, 0.25) is 0 Å². The molecule has 1 rings (SSSR count). The van der Waals surface area contributed by atoms with Crippen molar-refractivity contribution in [3.8, 4) is 0 Å². The van der Waals surface area contributed by atoms with Gasteiger partial charge in [-0.05, 0) is 24.6 Å². The lowest BCUT2D eigenvalue weighted by molar-refractivity contribution is -0.146. The summed E-state index contributed by atoms with van der Waals surface area (Å²) in [6.45, 7) is 1.96. The van der Waals surface area contributed by atoms with E-state index in [1.165, 1.54) is 0 Å². The fraction of sp³-hybridized carbons (Fsp3) is 0.273. The number of rotatable bonds is 4. The molecule has 0 spiro atoms. The molecular formula is C11H11ClO3. The number of esters is 1. The van der Waals surface area contributed by atoms with Crippen LogP contribution in [0.3, 0.4) is 0 Å². The van der Waals surface area contributed by atoms with Crippen molar-refractivity contribution in [1.82, 2.24) is 0 Å². The van der Waals surface area contributed by atoms with Crippen LogP contribution in [0.2, 0.25) is 5.02 Å². The van der Waals surface area contributed by atoms with Crippen LogP contribution in [0.25, 0.3) is 0 Å². The molecule has 0 N–H and O–H groups in total. The molecule has 0 aliphatic rings. The van der Waals surface area contributed by atoms with Gasteiger partial charge in [0.1, 0.15) is 12.2 Å². The molecule has 1 aromatic rings. The van der Waals surface area contributed by atoms with Gasteiger partial charge in [-0.3, -0.25) is 4.79 Å². The summed E-state index contributed by atoms with van der Waals surface area (Å²) < 4.78 is 4.78. The summed E-state index contributed by atoms with van der Waals surface area (Å²) in [6.07, 6.45) is 0.571. The minimum Gasteiger partial charge on any atom is -0.465 e. The van der Waals surface area contributed by atoms with E-state index in [9.17, 15) is 9.59 Å². The van der Waals surface area contributed by atoms with Crippen molar-refractivity contribution in [2.75, 3.05) is 6.61 Å². The lowest BCUT2D eigenvalue weighted by atomic mass is 10.0. The van der Waals surface area contributed by atoms with E-state index >= 15 is 0 Å². The highest BCUT2D eigenvalue weighted by molar-refractivity contribution is 6.30. The molecule has 0 bridgehead atoms. The molecule has 0 saturated heterocycles. The quantitative estimate of drug-likeness (QED) is 0.449. The van der Waals surface area contributed by atoms with Gasteiger partial charge in [0.25, 0.3) is 0 Å². The largest absolute Gasteiger partial charge is 0.465 e. The lowest BCUT2D eigenvalue weighted by Gasteiger charge is -2.09. The minimum atomic E-state index is -0.859. The molecule has 0 radical (unpaired) electrons. The Balaban J connectivity index is 2.87. The highest BCUT2D eigenvalue weighted by atomic mass is 35.5. The lowest BCUT2D eigenvalue weighted by Crippen LogP contribution is -2.17. The second-order valence-corrected chi connectivity index (χ2v) is 3.35. The maximum atomic E-state index is 11.4. The van der Waals surface area contributed by atoms with Crippen LogP contribution in [0.1, 0.15) is 18.4 Å². The third-order valence-corrected chi connectivity index (χ3v) is 2.16. The number of ether oxygens (including phenoxy) is 1. The number of hydrogen-bond acceptors (Lipinski definition) is 3. The van der Waals surface area contributed by atoms with Gasteiger partial charge in [0.05, 0.1) is 6.61 Å². The number of hydrogen-bond donors (Lipinski definition) is 0. The minimum absolute atomic E-state index is 0.261. The first-order chi connectivity index (χ1) is 7.19. The van der Waals surface area contributed by atoms with E-state index in [-0.39, 0.29) is 6.61 Å². The van der Waals surface area contributed by atoms with E-state index in [0.29, 0.717) is 16.9 Å². The highest BCUT2D eigenvalue weighted by Crippen LogP contribution is 2.18. The summed E-state index contributed by atoms with van der Waals surface area (Å²) in [5.74, 6) is -1.39. The van der Waals surface area contributed by atoms with Gasteiger partial charge in [-0.2, -0.15) is 0 Å². The Bertz CT molecular complexity index is 345. The number of aldehydes is 1. The molecule has 0 unspecified atom stereocenters. The fourth-order valence-electron chi connectivity index (χ4n) is 1.17. The molecule has 0 amide bonds. The highest BCUT2D eigenvalue weighted by Gasteiger charge is 2.20. The number of halogens is 1. The molecule has 3 nitrogen and oxygen atoms in total. The van der Waals surface area contributed by atoms with Crippen LogP contribution in [0, 0.1) is 0 Å². The zero-order chi connectivity index (χ0) is 11.3. The molecule has 0 heterocycles. The van der Waals surface area contributed by atoms with Crippen molar-refractivity contribution < 1.29 is 14.3 Å². The van der Waals surface area contributed by atoms with Gasteiger partial charge in [0, 0.05) is 5.02 Å². The topological polar surface area (TPSA) is 43.4 Å². The van der Waals surface area contributed by atoms with Crippen LogP contribution in [0.4, 0.5) is 0 Å². The van der Waals surface area contributed by atoms with E-state index in [0.717, 1.165) is 0 Å². The summed E-state index contributed by atoms with van der Waals surface area (Å²) >= 11 is 5.70. The summed E-state index contributed by atoms with van der Waals surface area (Å²) in [5, 5.41) is 0.562. The van der Waals surface area contributed by atoms with Crippen molar-refractivity contribution in [2.45, 2.75) is 12.8 Å². The molecule has 4 heteroatoms. The first-order valence-electron chi connectivity index (χ1n) is 4.56. The Labute approximate surface area is 93.0 Å². The summed E-state index contributed by atoms with van der Waals surface area (Å²) in [5.41, 5.74) is 0.591. The van der Waals surface area contributed by atoms with Gasteiger partial charge >= 0.3 is 5.97 Å². The Morgan fingerprint density at radius 2 is 2.07 bits per heavy atom. The normalized spacial score (nSPS) is 11.9. The first-order valence-corrected chi connectivity index (χ1v) is 4.94. The van der Waals surface area contributed by atoms with Crippen molar-refractivity contribution in [2.24, 2.45) is 0 Å². The number of carbonyl (C=O) groups excluding carboxylic acids is 2. The van der Waals surface area contributed by atoms with Crippen LogP contribution >= 0.6 is 11.6 Å². The van der Waals surface area contributed by atoms with E-state index in [2.05, 4.69) is 0 Å². The van der Waals surface area contributed by atoms with Gasteiger partial charge in [0.15, 0.2) is 0 Å². The second kappa shape index (κ2) is 5.51. The Morgan fingerprint density at radius 3 is 2.53 bits per heavy atom. The standard InChI is InChI=1S/C11H11ClO3/c1-2-15-11(14)10(7-13)8-3-5-9(12)6-4-8/h3-7,10H,2H2,1H3/t10-/m0/s1. The van der Waals surface area contributed by atoms with Crippen LogP contribution in [-0.2, 0) is 14.3 Å². The molecular weight excluding hydrogens is 216 g/mol. The van der Waals surface area contributed by atoms with Crippen molar-refractivity contribution >= 4 is 23.9 Å².